The summed E-state index contributed by atoms with van der Waals surface area (Å²) in [7, 11) is -3.67. The maximum atomic E-state index is 12.6. The molecule has 1 atom stereocenters. The summed E-state index contributed by atoms with van der Waals surface area (Å²) in [4.78, 5) is 12.2. The quantitative estimate of drug-likeness (QED) is 0.815. The summed E-state index contributed by atoms with van der Waals surface area (Å²) < 4.78 is 26.6. The van der Waals surface area contributed by atoms with Gasteiger partial charge in [0, 0.05) is 18.8 Å². The molecule has 1 aromatic carbocycles. The molecule has 2 rings (SSSR count). The summed E-state index contributed by atoms with van der Waals surface area (Å²) >= 11 is 6.07. The van der Waals surface area contributed by atoms with Gasteiger partial charge in [0.05, 0.1) is 11.1 Å². The predicted octanol–water partition coefficient (Wildman–Crippen LogP) is 2.06. The van der Waals surface area contributed by atoms with Gasteiger partial charge in [-0.15, -0.1) is 0 Å². The molecule has 128 valence electrons. The highest BCUT2D eigenvalue weighted by molar-refractivity contribution is 7.89. The molecule has 0 bridgehead atoms. The molecule has 6 nitrogen and oxygen atoms in total. The van der Waals surface area contributed by atoms with Crippen LogP contribution in [0.2, 0.25) is 5.02 Å². The third kappa shape index (κ3) is 4.03. The number of anilines is 1. The van der Waals surface area contributed by atoms with Gasteiger partial charge < -0.3 is 10.6 Å². The van der Waals surface area contributed by atoms with Gasteiger partial charge in [0.2, 0.25) is 15.9 Å². The Morgan fingerprint density at radius 3 is 2.65 bits per heavy atom. The van der Waals surface area contributed by atoms with Gasteiger partial charge >= 0.3 is 0 Å². The van der Waals surface area contributed by atoms with E-state index >= 15 is 0 Å². The maximum absolute atomic E-state index is 12.6. The Balaban J connectivity index is 2.26. The van der Waals surface area contributed by atoms with Gasteiger partial charge in [-0.25, -0.2) is 8.42 Å². The normalized spacial score (nSPS) is 18.3. The Morgan fingerprint density at radius 2 is 2.09 bits per heavy atom. The average Bonchev–Trinajstić information content (AvgIpc) is 3.04. The minimum atomic E-state index is -3.67. The van der Waals surface area contributed by atoms with Crippen molar-refractivity contribution >= 4 is 33.2 Å². The first-order valence-corrected chi connectivity index (χ1v) is 9.56. The second-order valence-electron chi connectivity index (χ2n) is 5.37. The lowest BCUT2D eigenvalue weighted by Gasteiger charge is -2.20. The first-order valence-electron chi connectivity index (χ1n) is 7.74. The molecule has 2 N–H and O–H groups in total. The van der Waals surface area contributed by atoms with Crippen LogP contribution in [-0.2, 0) is 14.8 Å². The van der Waals surface area contributed by atoms with Crippen molar-refractivity contribution in [2.75, 3.05) is 25.0 Å². The number of rotatable bonds is 6. The molecule has 8 heteroatoms. The third-order valence-electron chi connectivity index (χ3n) is 3.90. The Morgan fingerprint density at radius 1 is 1.39 bits per heavy atom. The van der Waals surface area contributed by atoms with Crippen LogP contribution in [0.3, 0.4) is 0 Å². The fourth-order valence-corrected chi connectivity index (χ4v) is 4.58. The fraction of sp³-hybridized carbons (Fsp3) is 0.533. The molecule has 1 unspecified atom stereocenters. The number of halogens is 1. The van der Waals surface area contributed by atoms with E-state index in [4.69, 9.17) is 11.6 Å². The molecular formula is C15H22ClN3O3S. The summed E-state index contributed by atoms with van der Waals surface area (Å²) in [5, 5.41) is 6.01. The van der Waals surface area contributed by atoms with Gasteiger partial charge in [-0.3, -0.25) is 4.79 Å². The van der Waals surface area contributed by atoms with Gasteiger partial charge in [-0.2, -0.15) is 4.31 Å². The molecule has 1 aliphatic rings. The molecule has 0 saturated carbocycles. The number of hydrogen-bond acceptors (Lipinski definition) is 4. The zero-order chi connectivity index (χ0) is 17.0. The molecule has 0 radical (unpaired) electrons. The number of amides is 1. The Bertz CT molecular complexity index is 669. The van der Waals surface area contributed by atoms with Crippen molar-refractivity contribution in [1.82, 2.24) is 9.62 Å². The molecule has 23 heavy (non-hydrogen) atoms. The lowest BCUT2D eigenvalue weighted by molar-refractivity contribution is -0.117. The zero-order valence-corrected chi connectivity index (χ0v) is 14.9. The number of carbonyl (C=O) groups is 1. The lowest BCUT2D eigenvalue weighted by atomic mass is 10.2. The first-order chi connectivity index (χ1) is 10.9. The van der Waals surface area contributed by atoms with E-state index in [0.29, 0.717) is 18.8 Å². The van der Waals surface area contributed by atoms with Crippen LogP contribution in [0, 0.1) is 0 Å². The molecule has 1 fully saturated rings. The predicted molar refractivity (Wildman–Crippen MR) is 91.2 cm³/mol. The van der Waals surface area contributed by atoms with Crippen molar-refractivity contribution in [2.24, 2.45) is 0 Å². The van der Waals surface area contributed by atoms with E-state index in [1.165, 1.54) is 16.4 Å². The summed E-state index contributed by atoms with van der Waals surface area (Å²) in [5.74, 6) is -0.156. The van der Waals surface area contributed by atoms with Crippen molar-refractivity contribution in [3.05, 3.63) is 23.2 Å². The van der Waals surface area contributed by atoms with Crippen LogP contribution in [0.15, 0.2) is 23.1 Å². The third-order valence-corrected chi connectivity index (χ3v) is 6.43. The fourth-order valence-electron chi connectivity index (χ4n) is 2.62. The Labute approximate surface area is 142 Å². The summed E-state index contributed by atoms with van der Waals surface area (Å²) in [5.41, 5.74) is 0.429. The van der Waals surface area contributed by atoms with Crippen LogP contribution in [0.5, 0.6) is 0 Å². The number of hydrogen-bond donors (Lipinski definition) is 2. The van der Waals surface area contributed by atoms with Gasteiger partial charge in [0.1, 0.15) is 4.90 Å². The summed E-state index contributed by atoms with van der Waals surface area (Å²) in [6.07, 6.45) is 1.74. The van der Waals surface area contributed by atoms with E-state index in [-0.39, 0.29) is 21.9 Å². The number of benzene rings is 1. The monoisotopic (exact) mass is 359 g/mol. The topological polar surface area (TPSA) is 78.5 Å². The number of nitrogens with zero attached hydrogens (tertiary/aromatic N) is 1. The Hall–Kier alpha value is -1.15. The van der Waals surface area contributed by atoms with Crippen LogP contribution < -0.4 is 10.6 Å². The molecular weight excluding hydrogens is 338 g/mol. The standard InChI is InChI=1S/C15H22ClN3O3S/c1-3-19(4-2)23(21,22)14-10-11(7-8-12(14)16)18-15(20)13-6-5-9-17-13/h7-8,10,13,17H,3-6,9H2,1-2H3,(H,18,20). The highest BCUT2D eigenvalue weighted by Gasteiger charge is 2.26. The van der Waals surface area contributed by atoms with Gasteiger partial charge in [-0.1, -0.05) is 25.4 Å². The minimum absolute atomic E-state index is 0.0139. The average molecular weight is 360 g/mol. The van der Waals surface area contributed by atoms with E-state index in [9.17, 15) is 13.2 Å². The van der Waals surface area contributed by atoms with E-state index in [2.05, 4.69) is 10.6 Å². The van der Waals surface area contributed by atoms with Crippen LogP contribution >= 0.6 is 11.6 Å². The van der Waals surface area contributed by atoms with Crippen molar-refractivity contribution in [3.63, 3.8) is 0 Å². The van der Waals surface area contributed by atoms with E-state index < -0.39 is 10.0 Å². The Kier molecular flexibility index (Phi) is 6.02. The van der Waals surface area contributed by atoms with Crippen LogP contribution in [0.4, 0.5) is 5.69 Å². The SMILES string of the molecule is CCN(CC)S(=O)(=O)c1cc(NC(=O)C2CCCN2)ccc1Cl. The molecule has 1 heterocycles. The smallest absolute Gasteiger partial charge is 0.244 e. The number of nitrogens with one attached hydrogen (secondary N) is 2. The van der Waals surface area contributed by atoms with E-state index in [1.54, 1.807) is 19.9 Å². The number of carbonyl (C=O) groups excluding carboxylic acids is 1. The first kappa shape index (κ1) is 18.2. The second kappa shape index (κ2) is 7.61. The van der Waals surface area contributed by atoms with E-state index in [0.717, 1.165) is 19.4 Å². The molecule has 1 aliphatic heterocycles. The van der Waals surface area contributed by atoms with Gasteiger partial charge in [0.15, 0.2) is 0 Å². The largest absolute Gasteiger partial charge is 0.325 e. The molecule has 0 aliphatic carbocycles. The van der Waals surface area contributed by atoms with E-state index in [1.807, 2.05) is 0 Å². The molecule has 0 aromatic heterocycles. The highest BCUT2D eigenvalue weighted by atomic mass is 35.5. The summed E-state index contributed by atoms with van der Waals surface area (Å²) in [6, 6.07) is 4.29. The highest BCUT2D eigenvalue weighted by Crippen LogP contribution is 2.28. The molecule has 1 aromatic rings. The molecule has 1 amide bonds. The van der Waals surface area contributed by atoms with Crippen LogP contribution in [0.1, 0.15) is 26.7 Å². The maximum Gasteiger partial charge on any atom is 0.244 e. The lowest BCUT2D eigenvalue weighted by Crippen LogP contribution is -2.35. The van der Waals surface area contributed by atoms with Gasteiger partial charge in [0.25, 0.3) is 0 Å². The van der Waals surface area contributed by atoms with Crippen LogP contribution in [-0.4, -0.2) is 44.3 Å². The van der Waals surface area contributed by atoms with Crippen molar-refractivity contribution in [2.45, 2.75) is 37.6 Å². The molecule has 1 saturated heterocycles. The second-order valence-corrected chi connectivity index (χ2v) is 7.69. The summed E-state index contributed by atoms with van der Waals surface area (Å²) in [6.45, 7) is 5.08. The van der Waals surface area contributed by atoms with Crippen molar-refractivity contribution in [3.8, 4) is 0 Å². The van der Waals surface area contributed by atoms with Gasteiger partial charge in [-0.05, 0) is 37.6 Å². The number of sulfonamides is 1. The minimum Gasteiger partial charge on any atom is -0.325 e. The van der Waals surface area contributed by atoms with Crippen molar-refractivity contribution in [1.29, 1.82) is 0 Å². The molecule has 0 spiro atoms. The van der Waals surface area contributed by atoms with Crippen molar-refractivity contribution < 1.29 is 13.2 Å². The zero-order valence-electron chi connectivity index (χ0n) is 13.3. The van der Waals surface area contributed by atoms with Crippen LogP contribution in [0.25, 0.3) is 0 Å².